The fourth-order valence-corrected chi connectivity index (χ4v) is 2.73. The zero-order chi connectivity index (χ0) is 13.0. The Kier molecular flexibility index (Phi) is 4.00. The van der Waals surface area contributed by atoms with Gasteiger partial charge in [0.1, 0.15) is 0 Å². The summed E-state index contributed by atoms with van der Waals surface area (Å²) in [6.45, 7) is 2.29. The van der Waals surface area contributed by atoms with Crippen molar-refractivity contribution in [1.29, 1.82) is 5.26 Å². The first kappa shape index (κ1) is 13.1. The molecule has 2 rings (SSSR count). The van der Waals surface area contributed by atoms with Crippen LogP contribution in [0.3, 0.4) is 0 Å². The predicted molar refractivity (Wildman–Crippen MR) is 71.1 cm³/mol. The third-order valence-corrected chi connectivity index (χ3v) is 3.81. The summed E-state index contributed by atoms with van der Waals surface area (Å²) in [5, 5.41) is 21.8. The number of nitrogens with zero attached hydrogens (tertiary/aromatic N) is 1. The van der Waals surface area contributed by atoms with Crippen LogP contribution in [0.4, 0.5) is 0 Å². The Balaban J connectivity index is 1.95. The molecular weight excluding hydrogens is 224 g/mol. The van der Waals surface area contributed by atoms with Crippen molar-refractivity contribution in [3.8, 4) is 6.07 Å². The first-order valence-electron chi connectivity index (χ1n) is 6.54. The summed E-state index contributed by atoms with van der Waals surface area (Å²) in [5.41, 5.74) is 0.818. The Morgan fingerprint density at radius 1 is 1.44 bits per heavy atom. The van der Waals surface area contributed by atoms with E-state index in [1.807, 2.05) is 30.3 Å². The molecule has 0 aliphatic heterocycles. The highest BCUT2D eigenvalue weighted by atomic mass is 16.3. The van der Waals surface area contributed by atoms with Crippen LogP contribution in [0.1, 0.15) is 31.7 Å². The minimum Gasteiger partial charge on any atom is -0.396 e. The van der Waals surface area contributed by atoms with Crippen LogP contribution < -0.4 is 5.32 Å². The van der Waals surface area contributed by atoms with Crippen LogP contribution in [0.2, 0.25) is 0 Å². The minimum absolute atomic E-state index is 0.211. The van der Waals surface area contributed by atoms with Gasteiger partial charge < -0.3 is 10.4 Å². The molecule has 0 bridgehead atoms. The smallest absolute Gasteiger partial charge is 0.0852 e. The summed E-state index contributed by atoms with van der Waals surface area (Å²) in [7, 11) is 0. The van der Waals surface area contributed by atoms with Gasteiger partial charge in [-0.05, 0) is 31.7 Å². The second kappa shape index (κ2) is 5.51. The first-order valence-corrected chi connectivity index (χ1v) is 6.54. The maximum absolute atomic E-state index is 9.43. The SMILES string of the molecule is CC(CCO)NC1CC(C#N)(c2ccccc2)C1. The second-order valence-corrected chi connectivity index (χ2v) is 5.25. The standard InChI is InChI=1S/C15H20N2O/c1-12(7-8-18)17-14-9-15(10-14,11-16)13-5-3-2-4-6-13/h2-6,12,14,17-18H,7-10H2,1H3. The van der Waals surface area contributed by atoms with Gasteiger partial charge in [-0.2, -0.15) is 5.26 Å². The third-order valence-electron chi connectivity index (χ3n) is 3.81. The van der Waals surface area contributed by atoms with Gasteiger partial charge >= 0.3 is 0 Å². The molecule has 1 unspecified atom stereocenters. The summed E-state index contributed by atoms with van der Waals surface area (Å²) >= 11 is 0. The molecule has 1 saturated carbocycles. The minimum atomic E-state index is -0.308. The van der Waals surface area contributed by atoms with Crippen LogP contribution in [0, 0.1) is 11.3 Å². The number of nitrogens with one attached hydrogen (secondary N) is 1. The number of benzene rings is 1. The lowest BCUT2D eigenvalue weighted by Crippen LogP contribution is -2.53. The molecule has 96 valence electrons. The van der Waals surface area contributed by atoms with Gasteiger partial charge in [0.05, 0.1) is 11.5 Å². The zero-order valence-electron chi connectivity index (χ0n) is 10.8. The fourth-order valence-electron chi connectivity index (χ4n) is 2.73. The summed E-state index contributed by atoms with van der Waals surface area (Å²) in [6, 6.07) is 13.2. The van der Waals surface area contributed by atoms with Gasteiger partial charge in [-0.25, -0.2) is 0 Å². The van der Waals surface area contributed by atoms with E-state index in [4.69, 9.17) is 5.11 Å². The molecule has 1 aliphatic rings. The van der Waals surface area contributed by atoms with Crippen molar-refractivity contribution >= 4 is 0 Å². The number of nitriles is 1. The molecule has 1 fully saturated rings. The van der Waals surface area contributed by atoms with E-state index in [1.165, 1.54) is 0 Å². The molecular formula is C15H20N2O. The lowest BCUT2D eigenvalue weighted by Gasteiger charge is -2.44. The number of hydrogen-bond acceptors (Lipinski definition) is 3. The van der Waals surface area contributed by atoms with Crippen LogP contribution in [0.5, 0.6) is 0 Å². The van der Waals surface area contributed by atoms with E-state index in [-0.39, 0.29) is 12.0 Å². The van der Waals surface area contributed by atoms with Crippen molar-refractivity contribution < 1.29 is 5.11 Å². The molecule has 2 N–H and O–H groups in total. The van der Waals surface area contributed by atoms with Crippen molar-refractivity contribution in [3.05, 3.63) is 35.9 Å². The van der Waals surface area contributed by atoms with E-state index in [0.29, 0.717) is 12.1 Å². The quantitative estimate of drug-likeness (QED) is 0.832. The Morgan fingerprint density at radius 3 is 2.67 bits per heavy atom. The maximum Gasteiger partial charge on any atom is 0.0852 e. The Morgan fingerprint density at radius 2 is 2.11 bits per heavy atom. The van der Waals surface area contributed by atoms with Crippen LogP contribution in [-0.4, -0.2) is 23.8 Å². The fraction of sp³-hybridized carbons (Fsp3) is 0.533. The van der Waals surface area contributed by atoms with E-state index in [1.54, 1.807) is 0 Å². The van der Waals surface area contributed by atoms with E-state index in [9.17, 15) is 5.26 Å². The normalized spacial score (nSPS) is 28.2. The number of hydrogen-bond donors (Lipinski definition) is 2. The number of aliphatic hydroxyl groups excluding tert-OH is 1. The third kappa shape index (κ3) is 2.55. The molecule has 0 aromatic heterocycles. The molecule has 3 heteroatoms. The molecule has 0 heterocycles. The average Bonchev–Trinajstić information content (AvgIpc) is 2.35. The molecule has 3 nitrogen and oxygen atoms in total. The Bertz CT molecular complexity index is 418. The van der Waals surface area contributed by atoms with E-state index in [2.05, 4.69) is 18.3 Å². The second-order valence-electron chi connectivity index (χ2n) is 5.25. The van der Waals surface area contributed by atoms with Crippen LogP contribution in [0.15, 0.2) is 30.3 Å². The lowest BCUT2D eigenvalue weighted by atomic mass is 9.62. The highest BCUT2D eigenvalue weighted by Gasteiger charge is 2.46. The molecule has 1 aliphatic carbocycles. The van der Waals surface area contributed by atoms with E-state index < -0.39 is 0 Å². The van der Waals surface area contributed by atoms with Crippen molar-refractivity contribution in [1.82, 2.24) is 5.32 Å². The first-order chi connectivity index (χ1) is 8.70. The van der Waals surface area contributed by atoms with Crippen LogP contribution in [0.25, 0.3) is 0 Å². The Hall–Kier alpha value is -1.37. The summed E-state index contributed by atoms with van der Waals surface area (Å²) in [5.74, 6) is 0. The van der Waals surface area contributed by atoms with Gasteiger partial charge in [0.15, 0.2) is 0 Å². The van der Waals surface area contributed by atoms with Crippen LogP contribution in [-0.2, 0) is 5.41 Å². The van der Waals surface area contributed by atoms with Crippen molar-refractivity contribution in [2.45, 2.75) is 43.7 Å². The summed E-state index contributed by atoms with van der Waals surface area (Å²) in [6.07, 6.45) is 2.49. The maximum atomic E-state index is 9.43. The number of aliphatic hydroxyl groups is 1. The topological polar surface area (TPSA) is 56.0 Å². The molecule has 18 heavy (non-hydrogen) atoms. The van der Waals surface area contributed by atoms with Crippen molar-refractivity contribution in [2.24, 2.45) is 0 Å². The van der Waals surface area contributed by atoms with Crippen molar-refractivity contribution in [3.63, 3.8) is 0 Å². The van der Waals surface area contributed by atoms with Gasteiger partial charge in [-0.1, -0.05) is 30.3 Å². The Labute approximate surface area is 108 Å². The van der Waals surface area contributed by atoms with Gasteiger partial charge in [0, 0.05) is 18.7 Å². The average molecular weight is 244 g/mol. The highest BCUT2D eigenvalue weighted by Crippen LogP contribution is 2.43. The molecule has 0 spiro atoms. The number of rotatable bonds is 5. The monoisotopic (exact) mass is 244 g/mol. The zero-order valence-corrected chi connectivity index (χ0v) is 10.8. The highest BCUT2D eigenvalue weighted by molar-refractivity contribution is 5.36. The molecule has 1 atom stereocenters. The molecule has 1 aromatic carbocycles. The van der Waals surface area contributed by atoms with E-state index >= 15 is 0 Å². The molecule has 0 amide bonds. The van der Waals surface area contributed by atoms with Gasteiger partial charge in [0.2, 0.25) is 0 Å². The summed E-state index contributed by atoms with van der Waals surface area (Å²) in [4.78, 5) is 0. The summed E-state index contributed by atoms with van der Waals surface area (Å²) < 4.78 is 0. The lowest BCUT2D eigenvalue weighted by molar-refractivity contribution is 0.195. The van der Waals surface area contributed by atoms with Gasteiger partial charge in [-0.15, -0.1) is 0 Å². The van der Waals surface area contributed by atoms with Gasteiger partial charge in [0.25, 0.3) is 0 Å². The molecule has 1 aromatic rings. The van der Waals surface area contributed by atoms with E-state index in [0.717, 1.165) is 24.8 Å². The molecule has 0 saturated heterocycles. The predicted octanol–water partition coefficient (Wildman–Crippen LogP) is 1.97. The largest absolute Gasteiger partial charge is 0.396 e. The molecule has 0 radical (unpaired) electrons. The van der Waals surface area contributed by atoms with Gasteiger partial charge in [-0.3, -0.25) is 0 Å². The van der Waals surface area contributed by atoms with Crippen LogP contribution >= 0.6 is 0 Å². The van der Waals surface area contributed by atoms with Crippen molar-refractivity contribution in [2.75, 3.05) is 6.61 Å².